The Labute approximate surface area is 111 Å². The van der Waals surface area contributed by atoms with Crippen molar-refractivity contribution in [3.05, 3.63) is 29.8 Å². The van der Waals surface area contributed by atoms with Crippen molar-refractivity contribution in [2.24, 2.45) is 11.7 Å². The van der Waals surface area contributed by atoms with E-state index in [4.69, 9.17) is 10.5 Å². The summed E-state index contributed by atoms with van der Waals surface area (Å²) in [6.07, 6.45) is 0. The first-order valence-electron chi connectivity index (χ1n) is 6.68. The SMILES string of the molecule is CCN(CC(C)C)CC(N)c1cccc(OC)c1. The third-order valence-electron chi connectivity index (χ3n) is 3.05. The lowest BCUT2D eigenvalue weighted by atomic mass is 10.1. The van der Waals surface area contributed by atoms with Crippen LogP contribution in [0.3, 0.4) is 0 Å². The molecule has 1 atom stereocenters. The van der Waals surface area contributed by atoms with E-state index in [1.807, 2.05) is 18.2 Å². The van der Waals surface area contributed by atoms with Gasteiger partial charge in [-0.05, 0) is 30.2 Å². The van der Waals surface area contributed by atoms with Crippen molar-refractivity contribution in [2.75, 3.05) is 26.7 Å². The molecule has 3 heteroatoms. The van der Waals surface area contributed by atoms with Crippen LogP contribution in [0.2, 0.25) is 0 Å². The first kappa shape index (κ1) is 15.0. The van der Waals surface area contributed by atoms with Crippen LogP contribution < -0.4 is 10.5 Å². The second-order valence-corrected chi connectivity index (χ2v) is 5.13. The Bertz CT molecular complexity index is 352. The molecule has 102 valence electrons. The highest BCUT2D eigenvalue weighted by molar-refractivity contribution is 5.30. The molecule has 18 heavy (non-hydrogen) atoms. The molecule has 0 amide bonds. The maximum absolute atomic E-state index is 6.27. The van der Waals surface area contributed by atoms with Crippen molar-refractivity contribution < 1.29 is 4.74 Å². The van der Waals surface area contributed by atoms with Gasteiger partial charge in [-0.15, -0.1) is 0 Å². The van der Waals surface area contributed by atoms with E-state index >= 15 is 0 Å². The van der Waals surface area contributed by atoms with Crippen molar-refractivity contribution in [1.29, 1.82) is 0 Å². The monoisotopic (exact) mass is 250 g/mol. The molecule has 1 rings (SSSR count). The molecule has 0 heterocycles. The highest BCUT2D eigenvalue weighted by Crippen LogP contribution is 2.18. The van der Waals surface area contributed by atoms with Crippen LogP contribution in [0.4, 0.5) is 0 Å². The molecule has 2 N–H and O–H groups in total. The molecule has 0 fully saturated rings. The zero-order valence-electron chi connectivity index (χ0n) is 12.0. The molecule has 0 saturated carbocycles. The molecule has 0 saturated heterocycles. The normalized spacial score (nSPS) is 13.1. The number of rotatable bonds is 7. The minimum Gasteiger partial charge on any atom is -0.497 e. The molecule has 3 nitrogen and oxygen atoms in total. The van der Waals surface area contributed by atoms with Gasteiger partial charge >= 0.3 is 0 Å². The largest absolute Gasteiger partial charge is 0.497 e. The van der Waals surface area contributed by atoms with Crippen molar-refractivity contribution in [3.8, 4) is 5.75 Å². The summed E-state index contributed by atoms with van der Waals surface area (Å²) in [4.78, 5) is 2.40. The minimum absolute atomic E-state index is 0.0406. The third kappa shape index (κ3) is 4.67. The van der Waals surface area contributed by atoms with Gasteiger partial charge in [0.1, 0.15) is 5.75 Å². The maximum Gasteiger partial charge on any atom is 0.119 e. The Morgan fingerprint density at radius 2 is 2.00 bits per heavy atom. The van der Waals surface area contributed by atoms with Gasteiger partial charge in [0.2, 0.25) is 0 Å². The predicted molar refractivity (Wildman–Crippen MR) is 76.9 cm³/mol. The molecule has 0 spiro atoms. The lowest BCUT2D eigenvalue weighted by Gasteiger charge is -2.26. The van der Waals surface area contributed by atoms with Gasteiger partial charge in [0.05, 0.1) is 7.11 Å². The Kier molecular flexibility index (Phi) is 6.16. The number of likely N-dealkylation sites (N-methyl/N-ethyl adjacent to an activating group) is 1. The number of hydrogen-bond acceptors (Lipinski definition) is 3. The number of hydrogen-bond donors (Lipinski definition) is 1. The fourth-order valence-corrected chi connectivity index (χ4v) is 2.10. The molecule has 0 radical (unpaired) electrons. The van der Waals surface area contributed by atoms with Crippen molar-refractivity contribution in [2.45, 2.75) is 26.8 Å². The van der Waals surface area contributed by atoms with E-state index in [1.165, 1.54) is 0 Å². The Balaban J connectivity index is 2.64. The van der Waals surface area contributed by atoms with Gasteiger partial charge in [-0.3, -0.25) is 0 Å². The summed E-state index contributed by atoms with van der Waals surface area (Å²) < 4.78 is 5.23. The summed E-state index contributed by atoms with van der Waals surface area (Å²) in [5, 5.41) is 0. The second kappa shape index (κ2) is 7.39. The number of ether oxygens (including phenoxy) is 1. The Morgan fingerprint density at radius 1 is 1.28 bits per heavy atom. The zero-order chi connectivity index (χ0) is 13.5. The fraction of sp³-hybridized carbons (Fsp3) is 0.600. The molecular formula is C15H26N2O. The first-order valence-corrected chi connectivity index (χ1v) is 6.68. The molecule has 1 aromatic rings. The molecule has 1 aromatic carbocycles. The summed E-state index contributed by atoms with van der Waals surface area (Å²) in [5.74, 6) is 1.54. The van der Waals surface area contributed by atoms with Gasteiger partial charge in [0.25, 0.3) is 0 Å². The van der Waals surface area contributed by atoms with Crippen LogP contribution in [0.15, 0.2) is 24.3 Å². The minimum atomic E-state index is 0.0406. The maximum atomic E-state index is 6.27. The van der Waals surface area contributed by atoms with Gasteiger partial charge in [-0.25, -0.2) is 0 Å². The quantitative estimate of drug-likeness (QED) is 0.808. The van der Waals surface area contributed by atoms with Gasteiger partial charge < -0.3 is 15.4 Å². The van der Waals surface area contributed by atoms with Crippen LogP contribution >= 0.6 is 0 Å². The van der Waals surface area contributed by atoms with E-state index in [1.54, 1.807) is 7.11 Å². The number of nitrogens with two attached hydrogens (primary N) is 1. The summed E-state index contributed by atoms with van der Waals surface area (Å²) in [7, 11) is 1.68. The standard InChI is InChI=1S/C15H26N2O/c1-5-17(10-12(2)3)11-15(16)13-7-6-8-14(9-13)18-4/h6-9,12,15H,5,10-11,16H2,1-4H3. The van der Waals surface area contributed by atoms with Crippen LogP contribution in [0, 0.1) is 5.92 Å². The second-order valence-electron chi connectivity index (χ2n) is 5.13. The van der Waals surface area contributed by atoms with Crippen molar-refractivity contribution in [3.63, 3.8) is 0 Å². The number of benzene rings is 1. The highest BCUT2D eigenvalue weighted by atomic mass is 16.5. The highest BCUT2D eigenvalue weighted by Gasteiger charge is 2.12. The first-order chi connectivity index (χ1) is 8.56. The van der Waals surface area contributed by atoms with E-state index < -0.39 is 0 Å². The summed E-state index contributed by atoms with van der Waals surface area (Å²) in [6, 6.07) is 8.07. The zero-order valence-corrected chi connectivity index (χ0v) is 12.0. The number of nitrogens with zero attached hydrogens (tertiary/aromatic N) is 1. The van der Waals surface area contributed by atoms with E-state index in [2.05, 4.69) is 31.7 Å². The van der Waals surface area contributed by atoms with Gasteiger partial charge in [0.15, 0.2) is 0 Å². The van der Waals surface area contributed by atoms with Crippen LogP contribution in [0.5, 0.6) is 5.75 Å². The van der Waals surface area contributed by atoms with E-state index in [0.717, 1.165) is 30.9 Å². The molecular weight excluding hydrogens is 224 g/mol. The topological polar surface area (TPSA) is 38.5 Å². The third-order valence-corrected chi connectivity index (χ3v) is 3.05. The van der Waals surface area contributed by atoms with Gasteiger partial charge in [0, 0.05) is 19.1 Å². The average molecular weight is 250 g/mol. The number of methoxy groups -OCH3 is 1. The van der Waals surface area contributed by atoms with E-state index in [9.17, 15) is 0 Å². The van der Waals surface area contributed by atoms with Gasteiger partial charge in [-0.1, -0.05) is 32.9 Å². The molecule has 0 aliphatic carbocycles. The predicted octanol–water partition coefficient (Wildman–Crippen LogP) is 2.67. The van der Waals surface area contributed by atoms with Crippen LogP contribution in [0.25, 0.3) is 0 Å². The Morgan fingerprint density at radius 3 is 2.56 bits per heavy atom. The van der Waals surface area contributed by atoms with Gasteiger partial charge in [-0.2, -0.15) is 0 Å². The van der Waals surface area contributed by atoms with Crippen LogP contribution in [0.1, 0.15) is 32.4 Å². The van der Waals surface area contributed by atoms with Crippen molar-refractivity contribution in [1.82, 2.24) is 4.90 Å². The van der Waals surface area contributed by atoms with E-state index in [-0.39, 0.29) is 6.04 Å². The lowest BCUT2D eigenvalue weighted by Crippen LogP contribution is -2.34. The van der Waals surface area contributed by atoms with Crippen LogP contribution in [-0.4, -0.2) is 31.6 Å². The molecule has 0 aliphatic heterocycles. The average Bonchev–Trinajstić information content (AvgIpc) is 2.37. The summed E-state index contributed by atoms with van der Waals surface area (Å²) >= 11 is 0. The van der Waals surface area contributed by atoms with E-state index in [0.29, 0.717) is 5.92 Å². The summed E-state index contributed by atoms with van der Waals surface area (Å²) in [6.45, 7) is 9.67. The fourth-order valence-electron chi connectivity index (χ4n) is 2.10. The lowest BCUT2D eigenvalue weighted by molar-refractivity contribution is 0.242. The summed E-state index contributed by atoms with van der Waals surface area (Å²) in [5.41, 5.74) is 7.41. The molecule has 0 bridgehead atoms. The Hall–Kier alpha value is -1.06. The smallest absolute Gasteiger partial charge is 0.119 e. The van der Waals surface area contributed by atoms with Crippen molar-refractivity contribution >= 4 is 0 Å². The van der Waals surface area contributed by atoms with Crippen LogP contribution in [-0.2, 0) is 0 Å². The molecule has 0 aliphatic rings. The molecule has 1 unspecified atom stereocenters. The molecule has 0 aromatic heterocycles.